The second-order valence-electron chi connectivity index (χ2n) is 4.73. The van der Waals surface area contributed by atoms with Gasteiger partial charge in [-0.2, -0.15) is 0 Å². The Morgan fingerprint density at radius 3 is 2.68 bits per heavy atom. The number of hydrogen-bond acceptors (Lipinski definition) is 4. The van der Waals surface area contributed by atoms with Crippen LogP contribution in [0.5, 0.6) is 0 Å². The van der Waals surface area contributed by atoms with Crippen molar-refractivity contribution in [1.82, 2.24) is 15.3 Å². The average Bonchev–Trinajstić information content (AvgIpc) is 2.53. The number of nitrogens with zero attached hydrogens (tertiary/aromatic N) is 2. The number of ether oxygens (including phenoxy) is 1. The lowest BCUT2D eigenvalue weighted by Gasteiger charge is -2.27. The molecule has 116 valence electrons. The standard InChI is InChI=1S/C15H15ClFN3O2/c1-15(22-2,11-5-3-4-6-12(11)17)14(21)20-8-10-7-19-13(16)9-18-10/h3-7,9H,8H2,1-2H3,(H,20,21). The van der Waals surface area contributed by atoms with Crippen molar-refractivity contribution in [3.05, 3.63) is 58.9 Å². The van der Waals surface area contributed by atoms with Gasteiger partial charge in [0.05, 0.1) is 24.6 Å². The fourth-order valence-electron chi connectivity index (χ4n) is 1.94. The third kappa shape index (κ3) is 3.40. The average molecular weight is 324 g/mol. The second-order valence-corrected chi connectivity index (χ2v) is 5.12. The Morgan fingerprint density at radius 2 is 2.09 bits per heavy atom. The molecule has 0 saturated carbocycles. The molecule has 0 radical (unpaired) electrons. The monoisotopic (exact) mass is 323 g/mol. The minimum absolute atomic E-state index is 0.135. The van der Waals surface area contributed by atoms with Gasteiger partial charge in [-0.25, -0.2) is 9.37 Å². The molecule has 0 fully saturated rings. The summed E-state index contributed by atoms with van der Waals surface area (Å²) in [6.07, 6.45) is 2.84. The molecule has 0 aliphatic carbocycles. The first kappa shape index (κ1) is 16.3. The highest BCUT2D eigenvalue weighted by atomic mass is 35.5. The van der Waals surface area contributed by atoms with E-state index in [-0.39, 0.29) is 17.3 Å². The van der Waals surface area contributed by atoms with Crippen molar-refractivity contribution in [3.63, 3.8) is 0 Å². The first-order valence-corrected chi connectivity index (χ1v) is 6.90. The van der Waals surface area contributed by atoms with Crippen LogP contribution in [0, 0.1) is 5.82 Å². The minimum atomic E-state index is -1.44. The van der Waals surface area contributed by atoms with E-state index in [1.807, 2.05) is 0 Å². The van der Waals surface area contributed by atoms with Crippen molar-refractivity contribution < 1.29 is 13.9 Å². The number of amides is 1. The van der Waals surface area contributed by atoms with Crippen LogP contribution in [0.25, 0.3) is 0 Å². The number of carbonyl (C=O) groups excluding carboxylic acids is 1. The molecular weight excluding hydrogens is 309 g/mol. The summed E-state index contributed by atoms with van der Waals surface area (Å²) < 4.78 is 19.2. The Balaban J connectivity index is 2.15. The number of rotatable bonds is 5. The molecule has 0 aliphatic rings. The number of carbonyl (C=O) groups is 1. The Hall–Kier alpha value is -2.05. The van der Waals surface area contributed by atoms with Gasteiger partial charge in [-0.3, -0.25) is 9.78 Å². The third-order valence-electron chi connectivity index (χ3n) is 3.33. The number of halogens is 2. The van der Waals surface area contributed by atoms with E-state index in [2.05, 4.69) is 15.3 Å². The van der Waals surface area contributed by atoms with Crippen LogP contribution in [-0.2, 0) is 21.7 Å². The zero-order chi connectivity index (χ0) is 16.2. The van der Waals surface area contributed by atoms with Gasteiger partial charge in [0.1, 0.15) is 11.0 Å². The molecule has 0 spiro atoms. The Kier molecular flexibility index (Phi) is 5.05. The molecule has 0 aliphatic heterocycles. The fraction of sp³-hybridized carbons (Fsp3) is 0.267. The zero-order valence-corrected chi connectivity index (χ0v) is 12.9. The van der Waals surface area contributed by atoms with Crippen molar-refractivity contribution in [3.8, 4) is 0 Å². The van der Waals surface area contributed by atoms with Crippen molar-refractivity contribution in [2.24, 2.45) is 0 Å². The fourth-order valence-corrected chi connectivity index (χ4v) is 2.04. The maximum absolute atomic E-state index is 13.9. The van der Waals surface area contributed by atoms with Crippen LogP contribution >= 0.6 is 11.6 Å². The van der Waals surface area contributed by atoms with Gasteiger partial charge >= 0.3 is 0 Å². The Bertz CT molecular complexity index is 666. The third-order valence-corrected chi connectivity index (χ3v) is 3.53. The molecule has 1 aromatic carbocycles. The highest BCUT2D eigenvalue weighted by Crippen LogP contribution is 2.27. The molecule has 5 nitrogen and oxygen atoms in total. The van der Waals surface area contributed by atoms with Gasteiger partial charge in [0.15, 0.2) is 5.60 Å². The Labute approximate surface area is 132 Å². The molecule has 1 atom stereocenters. The van der Waals surface area contributed by atoms with Crippen LogP contribution in [0.3, 0.4) is 0 Å². The molecule has 0 bridgehead atoms. The van der Waals surface area contributed by atoms with Crippen LogP contribution in [0.4, 0.5) is 4.39 Å². The smallest absolute Gasteiger partial charge is 0.257 e. The SMILES string of the molecule is COC(C)(C(=O)NCc1cnc(Cl)cn1)c1ccccc1F. The van der Waals surface area contributed by atoms with E-state index in [1.54, 1.807) is 12.1 Å². The van der Waals surface area contributed by atoms with E-state index in [9.17, 15) is 9.18 Å². The van der Waals surface area contributed by atoms with E-state index in [4.69, 9.17) is 16.3 Å². The topological polar surface area (TPSA) is 64.1 Å². The van der Waals surface area contributed by atoms with Crippen molar-refractivity contribution in [2.45, 2.75) is 19.1 Å². The molecule has 1 heterocycles. The summed E-state index contributed by atoms with van der Waals surface area (Å²) in [5.41, 5.74) is -0.743. The lowest BCUT2D eigenvalue weighted by Crippen LogP contribution is -2.44. The molecule has 1 unspecified atom stereocenters. The van der Waals surface area contributed by atoms with Gasteiger partial charge in [0.25, 0.3) is 5.91 Å². The molecule has 22 heavy (non-hydrogen) atoms. The summed E-state index contributed by atoms with van der Waals surface area (Å²) in [5.74, 6) is -0.981. The number of nitrogens with one attached hydrogen (secondary N) is 1. The summed E-state index contributed by atoms with van der Waals surface area (Å²) in [6, 6.07) is 5.99. The van der Waals surface area contributed by atoms with Crippen molar-refractivity contribution in [1.29, 1.82) is 0 Å². The number of aromatic nitrogens is 2. The largest absolute Gasteiger partial charge is 0.364 e. The molecular formula is C15H15ClFN3O2. The molecule has 1 amide bonds. The predicted molar refractivity (Wildman–Crippen MR) is 79.6 cm³/mol. The molecule has 0 saturated heterocycles. The van der Waals surface area contributed by atoms with Crippen molar-refractivity contribution in [2.75, 3.05) is 7.11 Å². The first-order chi connectivity index (χ1) is 10.5. The quantitative estimate of drug-likeness (QED) is 0.918. The second kappa shape index (κ2) is 6.81. The normalized spacial score (nSPS) is 13.5. The maximum Gasteiger partial charge on any atom is 0.257 e. The van der Waals surface area contributed by atoms with E-state index in [0.717, 1.165) is 0 Å². The van der Waals surface area contributed by atoms with Gasteiger partial charge in [0.2, 0.25) is 0 Å². The first-order valence-electron chi connectivity index (χ1n) is 6.52. The van der Waals surface area contributed by atoms with Gasteiger partial charge in [0, 0.05) is 12.7 Å². The predicted octanol–water partition coefficient (Wildman–Crippen LogP) is 2.45. The van der Waals surface area contributed by atoms with E-state index >= 15 is 0 Å². The lowest BCUT2D eigenvalue weighted by molar-refractivity contribution is -0.143. The Morgan fingerprint density at radius 1 is 1.36 bits per heavy atom. The molecule has 1 aromatic heterocycles. The van der Waals surface area contributed by atoms with Crippen LogP contribution in [0.15, 0.2) is 36.7 Å². The summed E-state index contributed by atoms with van der Waals surface area (Å²) in [6.45, 7) is 1.64. The summed E-state index contributed by atoms with van der Waals surface area (Å²) in [5, 5.41) is 2.93. The molecule has 1 N–H and O–H groups in total. The summed E-state index contributed by atoms with van der Waals surface area (Å²) >= 11 is 5.64. The lowest BCUT2D eigenvalue weighted by atomic mass is 9.94. The number of methoxy groups -OCH3 is 1. The van der Waals surface area contributed by atoms with Crippen LogP contribution < -0.4 is 5.32 Å². The van der Waals surface area contributed by atoms with E-state index < -0.39 is 17.3 Å². The summed E-state index contributed by atoms with van der Waals surface area (Å²) in [4.78, 5) is 20.3. The molecule has 2 rings (SSSR count). The molecule has 2 aromatic rings. The number of hydrogen-bond donors (Lipinski definition) is 1. The number of benzene rings is 1. The highest BCUT2D eigenvalue weighted by Gasteiger charge is 2.37. The van der Waals surface area contributed by atoms with Gasteiger partial charge in [-0.05, 0) is 13.0 Å². The molecule has 7 heteroatoms. The van der Waals surface area contributed by atoms with Gasteiger partial charge in [-0.15, -0.1) is 0 Å². The van der Waals surface area contributed by atoms with E-state index in [1.165, 1.54) is 38.6 Å². The van der Waals surface area contributed by atoms with E-state index in [0.29, 0.717) is 5.69 Å². The van der Waals surface area contributed by atoms with Gasteiger partial charge < -0.3 is 10.1 Å². The highest BCUT2D eigenvalue weighted by molar-refractivity contribution is 6.29. The zero-order valence-electron chi connectivity index (χ0n) is 12.1. The minimum Gasteiger partial charge on any atom is -0.364 e. The van der Waals surface area contributed by atoms with Crippen molar-refractivity contribution >= 4 is 17.5 Å². The summed E-state index contributed by atoms with van der Waals surface area (Å²) in [7, 11) is 1.36. The maximum atomic E-state index is 13.9. The van der Waals surface area contributed by atoms with Gasteiger partial charge in [-0.1, -0.05) is 29.8 Å². The van der Waals surface area contributed by atoms with Crippen LogP contribution in [0.2, 0.25) is 5.15 Å². The van der Waals surface area contributed by atoms with Crippen LogP contribution in [-0.4, -0.2) is 23.0 Å². The van der Waals surface area contributed by atoms with Crippen LogP contribution in [0.1, 0.15) is 18.2 Å².